The van der Waals surface area contributed by atoms with Crippen molar-refractivity contribution in [2.45, 2.75) is 13.8 Å². The van der Waals surface area contributed by atoms with Crippen molar-refractivity contribution in [1.29, 1.82) is 0 Å². The predicted octanol–water partition coefficient (Wildman–Crippen LogP) is 3.91. The van der Waals surface area contributed by atoms with Gasteiger partial charge in [0.05, 0.1) is 0 Å². The summed E-state index contributed by atoms with van der Waals surface area (Å²) in [6.45, 7) is 4.60. The van der Waals surface area contributed by atoms with Crippen LogP contribution in [-0.2, 0) is 0 Å². The molecule has 1 saturated carbocycles. The molecule has 0 aliphatic heterocycles. The van der Waals surface area contributed by atoms with E-state index in [1.54, 1.807) is 5.57 Å². The topological polar surface area (TPSA) is 0 Å². The summed E-state index contributed by atoms with van der Waals surface area (Å²) in [6, 6.07) is 10.8. The first-order valence-electron chi connectivity index (χ1n) is 5.73. The van der Waals surface area contributed by atoms with Gasteiger partial charge in [-0.15, -0.1) is 0 Å². The van der Waals surface area contributed by atoms with Crippen molar-refractivity contribution in [3.05, 3.63) is 53.6 Å². The van der Waals surface area contributed by atoms with E-state index < -0.39 is 0 Å². The molecule has 0 bridgehead atoms. The Kier molecular flexibility index (Phi) is 1.85. The molecule has 0 aromatic heterocycles. The zero-order chi connectivity index (χ0) is 10.4. The van der Waals surface area contributed by atoms with E-state index in [1.165, 1.54) is 11.1 Å². The number of fused-ring (bicyclic) bond motifs is 1. The minimum atomic E-state index is 0.789. The summed E-state index contributed by atoms with van der Waals surface area (Å²) in [5, 5.41) is 0. The molecule has 0 N–H and O–H groups in total. The molecule has 2 aliphatic rings. The standard InChI is InChI=1S/C15H16/c1-10-8-9-13-11(2)15(13)14(10)12-6-4-3-5-7-12/h3-9,11,13,15H,1-2H3. The van der Waals surface area contributed by atoms with Crippen molar-refractivity contribution < 1.29 is 0 Å². The number of hydrogen-bond acceptors (Lipinski definition) is 0. The summed E-state index contributed by atoms with van der Waals surface area (Å²) in [5.41, 5.74) is 4.45. The molecular weight excluding hydrogens is 180 g/mol. The minimum absolute atomic E-state index is 0.789. The molecule has 76 valence electrons. The highest BCUT2D eigenvalue weighted by molar-refractivity contribution is 5.76. The molecule has 0 saturated heterocycles. The number of rotatable bonds is 1. The Morgan fingerprint density at radius 3 is 2.53 bits per heavy atom. The first-order chi connectivity index (χ1) is 7.29. The monoisotopic (exact) mass is 196 g/mol. The maximum Gasteiger partial charge on any atom is -0.00560 e. The van der Waals surface area contributed by atoms with Crippen LogP contribution in [-0.4, -0.2) is 0 Å². The van der Waals surface area contributed by atoms with Crippen LogP contribution in [0.3, 0.4) is 0 Å². The fourth-order valence-corrected chi connectivity index (χ4v) is 2.89. The summed E-state index contributed by atoms with van der Waals surface area (Å²) in [7, 11) is 0. The van der Waals surface area contributed by atoms with Gasteiger partial charge in [-0.2, -0.15) is 0 Å². The molecule has 3 rings (SSSR count). The van der Waals surface area contributed by atoms with E-state index >= 15 is 0 Å². The molecule has 1 fully saturated rings. The van der Waals surface area contributed by atoms with Gasteiger partial charge in [-0.05, 0) is 41.4 Å². The average molecular weight is 196 g/mol. The quantitative estimate of drug-likeness (QED) is 0.638. The van der Waals surface area contributed by atoms with E-state index in [0.29, 0.717) is 0 Å². The number of allylic oxidation sites excluding steroid dienone is 4. The second-order valence-corrected chi connectivity index (χ2v) is 4.78. The molecule has 3 unspecified atom stereocenters. The molecule has 0 spiro atoms. The average Bonchev–Trinajstić information content (AvgIpc) is 2.91. The van der Waals surface area contributed by atoms with Gasteiger partial charge in [0.2, 0.25) is 0 Å². The van der Waals surface area contributed by atoms with Crippen molar-refractivity contribution in [3.8, 4) is 0 Å². The van der Waals surface area contributed by atoms with E-state index in [1.807, 2.05) is 0 Å². The van der Waals surface area contributed by atoms with E-state index in [2.05, 4.69) is 56.3 Å². The molecule has 1 aromatic rings. The third-order valence-electron chi connectivity index (χ3n) is 3.86. The fraction of sp³-hybridized carbons (Fsp3) is 0.333. The summed E-state index contributed by atoms with van der Waals surface area (Å²) < 4.78 is 0. The van der Waals surface area contributed by atoms with Crippen molar-refractivity contribution in [1.82, 2.24) is 0 Å². The lowest BCUT2D eigenvalue weighted by molar-refractivity contribution is 0.888. The summed E-state index contributed by atoms with van der Waals surface area (Å²) in [6.07, 6.45) is 4.68. The fourth-order valence-electron chi connectivity index (χ4n) is 2.89. The van der Waals surface area contributed by atoms with Crippen LogP contribution < -0.4 is 0 Å². The molecule has 0 radical (unpaired) electrons. The number of benzene rings is 1. The minimum Gasteiger partial charge on any atom is -0.0802 e. The Morgan fingerprint density at radius 1 is 1.07 bits per heavy atom. The highest BCUT2D eigenvalue weighted by atomic mass is 14.5. The van der Waals surface area contributed by atoms with Crippen molar-refractivity contribution in [2.24, 2.45) is 17.8 Å². The van der Waals surface area contributed by atoms with Gasteiger partial charge in [0.25, 0.3) is 0 Å². The molecule has 0 nitrogen and oxygen atoms in total. The van der Waals surface area contributed by atoms with Gasteiger partial charge in [-0.3, -0.25) is 0 Å². The van der Waals surface area contributed by atoms with Crippen molar-refractivity contribution >= 4 is 5.57 Å². The Labute approximate surface area is 91.3 Å². The molecule has 1 aromatic carbocycles. The van der Waals surface area contributed by atoms with E-state index in [0.717, 1.165) is 17.8 Å². The lowest BCUT2D eigenvalue weighted by Crippen LogP contribution is -1.96. The molecule has 0 heteroatoms. The van der Waals surface area contributed by atoms with E-state index in [-0.39, 0.29) is 0 Å². The van der Waals surface area contributed by atoms with Gasteiger partial charge in [-0.1, -0.05) is 49.4 Å². The molecule has 3 atom stereocenters. The molecule has 0 amide bonds. The molecular formula is C15H16. The van der Waals surface area contributed by atoms with Crippen LogP contribution in [0.25, 0.3) is 5.57 Å². The van der Waals surface area contributed by atoms with E-state index in [4.69, 9.17) is 0 Å². The van der Waals surface area contributed by atoms with Crippen LogP contribution in [0.2, 0.25) is 0 Å². The van der Waals surface area contributed by atoms with Gasteiger partial charge in [-0.25, -0.2) is 0 Å². The first-order valence-corrected chi connectivity index (χ1v) is 5.73. The molecule has 2 aliphatic carbocycles. The highest BCUT2D eigenvalue weighted by Crippen LogP contribution is 2.57. The maximum atomic E-state index is 2.39. The summed E-state index contributed by atoms with van der Waals surface area (Å²) >= 11 is 0. The van der Waals surface area contributed by atoms with Gasteiger partial charge in [0.15, 0.2) is 0 Å². The lowest BCUT2D eigenvalue weighted by atomic mass is 9.92. The van der Waals surface area contributed by atoms with Crippen LogP contribution in [0.4, 0.5) is 0 Å². The zero-order valence-electron chi connectivity index (χ0n) is 9.27. The zero-order valence-corrected chi connectivity index (χ0v) is 9.27. The number of hydrogen-bond donors (Lipinski definition) is 0. The molecule has 15 heavy (non-hydrogen) atoms. The third-order valence-corrected chi connectivity index (χ3v) is 3.86. The second-order valence-electron chi connectivity index (χ2n) is 4.78. The predicted molar refractivity (Wildman–Crippen MR) is 64.3 cm³/mol. The Balaban J connectivity index is 2.08. The second kappa shape index (κ2) is 3.10. The maximum absolute atomic E-state index is 2.39. The third kappa shape index (κ3) is 1.28. The Morgan fingerprint density at radius 2 is 1.80 bits per heavy atom. The molecule has 0 heterocycles. The van der Waals surface area contributed by atoms with Crippen molar-refractivity contribution in [3.63, 3.8) is 0 Å². The van der Waals surface area contributed by atoms with Crippen LogP contribution in [0.15, 0.2) is 48.1 Å². The lowest BCUT2D eigenvalue weighted by Gasteiger charge is -2.13. The summed E-state index contributed by atoms with van der Waals surface area (Å²) in [4.78, 5) is 0. The highest BCUT2D eigenvalue weighted by Gasteiger charge is 2.48. The van der Waals surface area contributed by atoms with Crippen LogP contribution in [0.5, 0.6) is 0 Å². The Bertz CT molecular complexity index is 436. The van der Waals surface area contributed by atoms with Gasteiger partial charge in [0, 0.05) is 0 Å². The summed E-state index contributed by atoms with van der Waals surface area (Å²) in [5.74, 6) is 2.44. The van der Waals surface area contributed by atoms with Crippen molar-refractivity contribution in [2.75, 3.05) is 0 Å². The first kappa shape index (κ1) is 8.96. The van der Waals surface area contributed by atoms with Gasteiger partial charge >= 0.3 is 0 Å². The largest absolute Gasteiger partial charge is 0.0802 e. The van der Waals surface area contributed by atoms with Crippen LogP contribution in [0.1, 0.15) is 19.4 Å². The van der Waals surface area contributed by atoms with Gasteiger partial charge < -0.3 is 0 Å². The van der Waals surface area contributed by atoms with Crippen LogP contribution >= 0.6 is 0 Å². The Hall–Kier alpha value is -1.30. The van der Waals surface area contributed by atoms with Gasteiger partial charge in [0.1, 0.15) is 0 Å². The van der Waals surface area contributed by atoms with Crippen LogP contribution in [0, 0.1) is 17.8 Å². The smallest absolute Gasteiger partial charge is 0.00560 e. The SMILES string of the molecule is CC1=C(c2ccccc2)C2C(C)C2C=C1. The normalized spacial score (nSPS) is 32.8. The van der Waals surface area contributed by atoms with E-state index in [9.17, 15) is 0 Å².